The van der Waals surface area contributed by atoms with Gasteiger partial charge in [0.25, 0.3) is 0 Å². The number of unbranched alkanes of at least 4 members (excludes halogenated alkanes) is 4. The lowest BCUT2D eigenvalue weighted by molar-refractivity contribution is -0.166. The number of carbonyl (C=O) groups is 6. The maximum Gasteiger partial charge on any atom is 0.333 e. The first-order valence-electron chi connectivity index (χ1n) is 23.8. The lowest BCUT2D eigenvalue weighted by Crippen LogP contribution is -2.44. The van der Waals surface area contributed by atoms with Gasteiger partial charge in [-0.15, -0.1) is 0 Å². The summed E-state index contributed by atoms with van der Waals surface area (Å²) in [6.45, 7) is 16.3. The van der Waals surface area contributed by atoms with E-state index in [2.05, 4.69) is 45.2 Å². The summed E-state index contributed by atoms with van der Waals surface area (Å²) in [5.74, 6) is -2.94. The van der Waals surface area contributed by atoms with Crippen LogP contribution in [-0.2, 0) is 70.0 Å². The fraction of sp³-hybridized carbons (Fsp3) is 0.585. The van der Waals surface area contributed by atoms with E-state index in [1.54, 1.807) is 20.8 Å². The van der Waals surface area contributed by atoms with Gasteiger partial charge in [-0.1, -0.05) is 89.8 Å². The molecule has 0 atom stereocenters. The standard InChI is InChI=1S/C53H74O13/c1-9-13-14-15-16-18-39-20-22-41(23-21-39)42-24-26-45(40(10-2)29-42)43-25-27-46(44(30-43)19-17-28-62-51(58)37(5)6)63-33-53(36-66-52(59)38(7)8,34-64-49(56)31-47(54)60-11-3)35-65-50(57)32-48(55)61-12-4/h24-27,29-30,39,41H,5,7,9-23,28,31-36H2,1-4,6,8H3. The molecule has 1 aliphatic rings. The Morgan fingerprint density at radius 1 is 0.606 bits per heavy atom. The van der Waals surface area contributed by atoms with Crippen molar-refractivity contribution in [2.45, 2.75) is 144 Å². The topological polar surface area (TPSA) is 167 Å². The zero-order chi connectivity index (χ0) is 48.5. The number of rotatable bonds is 30. The van der Waals surface area contributed by atoms with Gasteiger partial charge in [0.05, 0.1) is 19.8 Å². The summed E-state index contributed by atoms with van der Waals surface area (Å²) in [5.41, 5.74) is 4.26. The van der Waals surface area contributed by atoms with Gasteiger partial charge in [-0.05, 0) is 124 Å². The molecular weight excluding hydrogens is 845 g/mol. The van der Waals surface area contributed by atoms with Crippen LogP contribution in [0.5, 0.6) is 5.75 Å². The number of aryl methyl sites for hydroxylation is 2. The average molecular weight is 919 g/mol. The van der Waals surface area contributed by atoms with E-state index in [9.17, 15) is 28.8 Å². The lowest BCUT2D eigenvalue weighted by atomic mass is 9.76. The Balaban J connectivity index is 1.97. The third-order valence-corrected chi connectivity index (χ3v) is 11.7. The average Bonchev–Trinajstić information content (AvgIpc) is 3.29. The van der Waals surface area contributed by atoms with Gasteiger partial charge in [-0.2, -0.15) is 0 Å². The van der Waals surface area contributed by atoms with Crippen LogP contribution in [0.15, 0.2) is 60.7 Å². The molecule has 1 fully saturated rings. The van der Waals surface area contributed by atoms with Crippen molar-refractivity contribution in [2.75, 3.05) is 46.2 Å². The van der Waals surface area contributed by atoms with Crippen LogP contribution in [-0.4, -0.2) is 82.1 Å². The number of benzene rings is 2. The molecule has 0 saturated heterocycles. The van der Waals surface area contributed by atoms with E-state index in [4.69, 9.17) is 33.2 Å². The molecule has 3 rings (SSSR count). The molecule has 2 aromatic carbocycles. The molecule has 0 heterocycles. The summed E-state index contributed by atoms with van der Waals surface area (Å²) in [7, 11) is 0. The van der Waals surface area contributed by atoms with Crippen LogP contribution >= 0.6 is 0 Å². The predicted molar refractivity (Wildman–Crippen MR) is 252 cm³/mol. The van der Waals surface area contributed by atoms with E-state index in [-0.39, 0.29) is 37.6 Å². The lowest BCUT2D eigenvalue weighted by Gasteiger charge is -2.32. The minimum atomic E-state index is -1.55. The van der Waals surface area contributed by atoms with E-state index in [1.165, 1.54) is 82.3 Å². The monoisotopic (exact) mass is 919 g/mol. The molecule has 13 heteroatoms. The van der Waals surface area contributed by atoms with Crippen LogP contribution in [0.3, 0.4) is 0 Å². The van der Waals surface area contributed by atoms with Crippen molar-refractivity contribution in [2.24, 2.45) is 11.3 Å². The number of carbonyl (C=O) groups excluding carboxylic acids is 6. The highest BCUT2D eigenvalue weighted by Gasteiger charge is 2.38. The zero-order valence-corrected chi connectivity index (χ0v) is 40.4. The SMILES string of the molecule is C=C(C)C(=O)OCCCc1cc(-c2ccc(C3CCC(CCCCCCC)CC3)cc2CC)ccc1OCC(COC(=O)CC(=O)OCC)(COC(=O)CC(=O)OCC)COC(=O)C(=C)C. The Labute approximate surface area is 392 Å². The number of hydrogen-bond donors (Lipinski definition) is 0. The highest BCUT2D eigenvalue weighted by molar-refractivity contribution is 5.92. The third-order valence-electron chi connectivity index (χ3n) is 11.7. The Morgan fingerprint density at radius 3 is 1.76 bits per heavy atom. The zero-order valence-electron chi connectivity index (χ0n) is 40.4. The number of esters is 6. The van der Waals surface area contributed by atoms with Crippen LogP contribution in [0.25, 0.3) is 11.1 Å². The maximum absolute atomic E-state index is 12.9. The van der Waals surface area contributed by atoms with Crippen LogP contribution in [0.2, 0.25) is 0 Å². The Morgan fingerprint density at radius 2 is 1.18 bits per heavy atom. The molecule has 0 spiro atoms. The second-order valence-corrected chi connectivity index (χ2v) is 17.5. The maximum atomic E-state index is 12.9. The van der Waals surface area contributed by atoms with Gasteiger partial charge in [0.15, 0.2) is 0 Å². The molecule has 66 heavy (non-hydrogen) atoms. The third kappa shape index (κ3) is 19.2. The van der Waals surface area contributed by atoms with Gasteiger partial charge in [-0.25, -0.2) is 9.59 Å². The molecule has 0 amide bonds. The van der Waals surface area contributed by atoms with Crippen molar-refractivity contribution in [3.05, 3.63) is 77.4 Å². The summed E-state index contributed by atoms with van der Waals surface area (Å²) in [5, 5.41) is 0. The van der Waals surface area contributed by atoms with Crippen molar-refractivity contribution < 1.29 is 61.9 Å². The normalized spacial score (nSPS) is 14.6. The van der Waals surface area contributed by atoms with Gasteiger partial charge in [-0.3, -0.25) is 19.2 Å². The van der Waals surface area contributed by atoms with Crippen LogP contribution in [0.1, 0.15) is 148 Å². The summed E-state index contributed by atoms with van der Waals surface area (Å²) in [6, 6.07) is 12.7. The minimum Gasteiger partial charge on any atom is -0.492 e. The van der Waals surface area contributed by atoms with Crippen molar-refractivity contribution in [3.8, 4) is 16.9 Å². The van der Waals surface area contributed by atoms with Crippen molar-refractivity contribution >= 4 is 35.8 Å². The first kappa shape index (κ1) is 54.9. The van der Waals surface area contributed by atoms with Gasteiger partial charge in [0, 0.05) is 11.1 Å². The first-order valence-corrected chi connectivity index (χ1v) is 23.8. The van der Waals surface area contributed by atoms with E-state index in [1.807, 2.05) is 18.2 Å². The molecular formula is C53H74O13. The summed E-state index contributed by atoms with van der Waals surface area (Å²) in [6.07, 6.45) is 13.2. The van der Waals surface area contributed by atoms with E-state index < -0.39 is 73.9 Å². The Hall–Kier alpha value is -5.46. The van der Waals surface area contributed by atoms with E-state index in [0.717, 1.165) is 29.0 Å². The molecule has 13 nitrogen and oxygen atoms in total. The molecule has 0 aliphatic heterocycles. The summed E-state index contributed by atoms with van der Waals surface area (Å²) < 4.78 is 38.3. The fourth-order valence-electron chi connectivity index (χ4n) is 7.95. The first-order chi connectivity index (χ1) is 31.6. The number of ether oxygens (including phenoxy) is 7. The molecule has 0 unspecified atom stereocenters. The number of hydrogen-bond acceptors (Lipinski definition) is 13. The predicted octanol–water partition coefficient (Wildman–Crippen LogP) is 10.1. The second-order valence-electron chi connectivity index (χ2n) is 17.5. The van der Waals surface area contributed by atoms with E-state index in [0.29, 0.717) is 24.5 Å². The fourth-order valence-corrected chi connectivity index (χ4v) is 7.95. The van der Waals surface area contributed by atoms with Crippen LogP contribution in [0.4, 0.5) is 0 Å². The smallest absolute Gasteiger partial charge is 0.333 e. The van der Waals surface area contributed by atoms with Crippen molar-refractivity contribution in [1.29, 1.82) is 0 Å². The quantitative estimate of drug-likeness (QED) is 0.0239. The largest absolute Gasteiger partial charge is 0.492 e. The van der Waals surface area contributed by atoms with Gasteiger partial charge >= 0.3 is 35.8 Å². The van der Waals surface area contributed by atoms with Gasteiger partial charge in [0.1, 0.15) is 50.4 Å². The Kier molecular flexibility index (Phi) is 24.3. The van der Waals surface area contributed by atoms with Gasteiger partial charge < -0.3 is 33.2 Å². The Bertz CT molecular complexity index is 1900. The highest BCUT2D eigenvalue weighted by atomic mass is 16.6. The molecule has 364 valence electrons. The van der Waals surface area contributed by atoms with Crippen LogP contribution < -0.4 is 4.74 Å². The molecule has 1 saturated carbocycles. The van der Waals surface area contributed by atoms with Crippen molar-refractivity contribution in [3.63, 3.8) is 0 Å². The molecule has 1 aliphatic carbocycles. The molecule has 0 N–H and O–H groups in total. The summed E-state index contributed by atoms with van der Waals surface area (Å²) in [4.78, 5) is 74.9. The van der Waals surface area contributed by atoms with Gasteiger partial charge in [0.2, 0.25) is 0 Å². The second kappa shape index (κ2) is 29.2. The van der Waals surface area contributed by atoms with E-state index >= 15 is 0 Å². The molecule has 0 radical (unpaired) electrons. The van der Waals surface area contributed by atoms with Crippen LogP contribution in [0, 0.1) is 11.3 Å². The molecule has 0 bridgehead atoms. The molecule has 0 aromatic heterocycles. The summed E-state index contributed by atoms with van der Waals surface area (Å²) >= 11 is 0. The highest BCUT2D eigenvalue weighted by Crippen LogP contribution is 2.40. The minimum absolute atomic E-state index is 0.0555. The molecule has 2 aromatic rings. The van der Waals surface area contributed by atoms with Crippen molar-refractivity contribution in [1.82, 2.24) is 0 Å².